The Hall–Kier alpha value is -2.56. The summed E-state index contributed by atoms with van der Waals surface area (Å²) in [6.07, 6.45) is 3.40. The van der Waals surface area contributed by atoms with Gasteiger partial charge in [-0.25, -0.2) is 0 Å². The van der Waals surface area contributed by atoms with Crippen molar-refractivity contribution in [2.24, 2.45) is 5.41 Å². The summed E-state index contributed by atoms with van der Waals surface area (Å²) < 4.78 is 5.86. The van der Waals surface area contributed by atoms with Gasteiger partial charge in [0.15, 0.2) is 11.5 Å². The first kappa shape index (κ1) is 18.8. The first-order chi connectivity index (χ1) is 13.2. The number of aryl methyl sites for hydroxylation is 1. The Kier molecular flexibility index (Phi) is 4.56. The Morgan fingerprint density at radius 2 is 2.07 bits per heavy atom. The third-order valence-corrected chi connectivity index (χ3v) is 5.93. The van der Waals surface area contributed by atoms with Crippen molar-refractivity contribution in [1.82, 2.24) is 5.32 Å². The van der Waals surface area contributed by atoms with E-state index in [4.69, 9.17) is 4.42 Å². The number of benzene rings is 1. The summed E-state index contributed by atoms with van der Waals surface area (Å²) in [4.78, 5) is 27.5. The predicted molar refractivity (Wildman–Crippen MR) is 109 cm³/mol. The summed E-state index contributed by atoms with van der Waals surface area (Å²) in [5.74, 6) is 0.743. The van der Waals surface area contributed by atoms with E-state index in [0.717, 1.165) is 24.9 Å². The zero-order valence-corrected chi connectivity index (χ0v) is 17.1. The van der Waals surface area contributed by atoms with Crippen LogP contribution in [0.15, 0.2) is 22.6 Å². The molecule has 0 unspecified atom stereocenters. The third-order valence-electron chi connectivity index (χ3n) is 5.93. The van der Waals surface area contributed by atoms with Crippen LogP contribution in [0.1, 0.15) is 70.1 Å². The van der Waals surface area contributed by atoms with Gasteiger partial charge in [-0.15, -0.1) is 0 Å². The average Bonchev–Trinajstić information content (AvgIpc) is 2.95. The molecule has 1 amide bonds. The normalized spacial score (nSPS) is 17.9. The molecular formula is C23H28N2O3. The monoisotopic (exact) mass is 380 g/mol. The van der Waals surface area contributed by atoms with Gasteiger partial charge < -0.3 is 14.6 Å². The number of anilines is 1. The third kappa shape index (κ3) is 3.34. The number of nitrogens with zero attached hydrogens (tertiary/aromatic N) is 1. The van der Waals surface area contributed by atoms with Crippen molar-refractivity contribution >= 4 is 17.4 Å². The van der Waals surface area contributed by atoms with E-state index < -0.39 is 0 Å². The fraction of sp³-hybridized carbons (Fsp3) is 0.478. The van der Waals surface area contributed by atoms with Gasteiger partial charge in [0.1, 0.15) is 5.76 Å². The first-order valence-electron chi connectivity index (χ1n) is 10.0. The molecule has 2 heterocycles. The second kappa shape index (κ2) is 6.80. The van der Waals surface area contributed by atoms with Crippen LogP contribution in [-0.4, -0.2) is 25.3 Å². The molecule has 0 fully saturated rings. The van der Waals surface area contributed by atoms with Crippen molar-refractivity contribution in [3.05, 3.63) is 52.0 Å². The van der Waals surface area contributed by atoms with Crippen molar-refractivity contribution in [3.8, 4) is 0 Å². The van der Waals surface area contributed by atoms with Crippen LogP contribution in [0.3, 0.4) is 0 Å². The molecule has 1 aromatic heterocycles. The van der Waals surface area contributed by atoms with Crippen molar-refractivity contribution in [1.29, 1.82) is 0 Å². The highest BCUT2D eigenvalue weighted by Crippen LogP contribution is 2.38. The SMILES string of the molecule is Cc1c(C(=O)NCc2ccc3c(c2)CCCN3C)oc2c1C(=O)CC(C)(C)C2. The summed E-state index contributed by atoms with van der Waals surface area (Å²) in [7, 11) is 2.11. The summed E-state index contributed by atoms with van der Waals surface area (Å²) in [5.41, 5.74) is 4.84. The van der Waals surface area contributed by atoms with Gasteiger partial charge in [0.2, 0.25) is 0 Å². The molecule has 5 nitrogen and oxygen atoms in total. The first-order valence-corrected chi connectivity index (χ1v) is 10.0. The van der Waals surface area contributed by atoms with E-state index in [2.05, 4.69) is 49.3 Å². The maximum Gasteiger partial charge on any atom is 0.287 e. The van der Waals surface area contributed by atoms with E-state index >= 15 is 0 Å². The summed E-state index contributed by atoms with van der Waals surface area (Å²) >= 11 is 0. The second-order valence-corrected chi connectivity index (χ2v) is 8.97. The van der Waals surface area contributed by atoms with Crippen LogP contribution in [-0.2, 0) is 19.4 Å². The smallest absolute Gasteiger partial charge is 0.287 e. The van der Waals surface area contributed by atoms with Crippen LogP contribution in [0.5, 0.6) is 0 Å². The van der Waals surface area contributed by atoms with Crippen LogP contribution in [0.2, 0.25) is 0 Å². The molecule has 2 aromatic rings. The van der Waals surface area contributed by atoms with E-state index in [1.165, 1.54) is 11.3 Å². The molecule has 0 saturated carbocycles. The number of rotatable bonds is 3. The summed E-state index contributed by atoms with van der Waals surface area (Å²) in [6.45, 7) is 7.45. The number of carbonyl (C=O) groups excluding carboxylic acids is 2. The zero-order valence-electron chi connectivity index (χ0n) is 17.1. The fourth-order valence-corrected chi connectivity index (χ4v) is 4.51. The standard InChI is InChI=1S/C23H28N2O3/c1-14-20-18(26)11-23(2,3)12-19(20)28-21(14)22(27)24-13-15-7-8-17-16(10-15)6-5-9-25(17)4/h7-8,10H,5-6,9,11-13H2,1-4H3,(H,24,27). The van der Waals surface area contributed by atoms with Crippen LogP contribution < -0.4 is 10.2 Å². The molecule has 2 aliphatic rings. The summed E-state index contributed by atoms with van der Waals surface area (Å²) in [6, 6.07) is 6.37. The minimum atomic E-state index is -0.257. The Balaban J connectivity index is 1.50. The van der Waals surface area contributed by atoms with Gasteiger partial charge in [0.05, 0.1) is 5.56 Å². The molecule has 28 heavy (non-hydrogen) atoms. The number of nitrogens with one attached hydrogen (secondary N) is 1. The van der Waals surface area contributed by atoms with Crippen molar-refractivity contribution < 1.29 is 14.0 Å². The highest BCUT2D eigenvalue weighted by atomic mass is 16.4. The fourth-order valence-electron chi connectivity index (χ4n) is 4.51. The number of furan rings is 1. The lowest BCUT2D eigenvalue weighted by atomic mass is 9.76. The molecular weight excluding hydrogens is 352 g/mol. The molecule has 0 spiro atoms. The number of amides is 1. The zero-order chi connectivity index (χ0) is 20.1. The number of ketones is 1. The molecule has 0 bridgehead atoms. The molecule has 0 atom stereocenters. The van der Waals surface area contributed by atoms with Gasteiger partial charge >= 0.3 is 0 Å². The molecule has 1 aliphatic heterocycles. The maximum atomic E-state index is 12.7. The van der Waals surface area contributed by atoms with Crippen LogP contribution in [0.25, 0.3) is 0 Å². The number of carbonyl (C=O) groups is 2. The minimum absolute atomic E-state index is 0.0744. The maximum absolute atomic E-state index is 12.7. The number of hydrogen-bond donors (Lipinski definition) is 1. The highest BCUT2D eigenvalue weighted by Gasteiger charge is 2.37. The van der Waals surface area contributed by atoms with Crippen molar-refractivity contribution in [2.45, 2.75) is 53.0 Å². The van der Waals surface area contributed by atoms with E-state index in [9.17, 15) is 9.59 Å². The Morgan fingerprint density at radius 3 is 2.86 bits per heavy atom. The Bertz CT molecular complexity index is 955. The molecule has 0 radical (unpaired) electrons. The van der Waals surface area contributed by atoms with E-state index in [1.54, 1.807) is 0 Å². The van der Waals surface area contributed by atoms with Gasteiger partial charge in [-0.3, -0.25) is 9.59 Å². The highest BCUT2D eigenvalue weighted by molar-refractivity contribution is 6.03. The van der Waals surface area contributed by atoms with Gasteiger partial charge in [0.25, 0.3) is 5.91 Å². The largest absolute Gasteiger partial charge is 0.455 e. The average molecular weight is 380 g/mol. The van der Waals surface area contributed by atoms with Crippen LogP contribution in [0, 0.1) is 12.3 Å². The Labute approximate surface area is 166 Å². The van der Waals surface area contributed by atoms with Crippen molar-refractivity contribution in [3.63, 3.8) is 0 Å². The topological polar surface area (TPSA) is 62.6 Å². The molecule has 148 valence electrons. The van der Waals surface area contributed by atoms with Gasteiger partial charge in [0, 0.05) is 44.2 Å². The lowest BCUT2D eigenvalue weighted by Crippen LogP contribution is -2.26. The van der Waals surface area contributed by atoms with Crippen LogP contribution in [0.4, 0.5) is 5.69 Å². The predicted octanol–water partition coefficient (Wildman–Crippen LogP) is 4.06. The number of Topliss-reactive ketones (excluding diaryl/α,β-unsaturated/α-hetero) is 1. The van der Waals surface area contributed by atoms with Crippen LogP contribution >= 0.6 is 0 Å². The Morgan fingerprint density at radius 1 is 1.29 bits per heavy atom. The molecule has 1 aromatic carbocycles. The van der Waals surface area contributed by atoms with E-state index in [1.807, 2.05) is 6.92 Å². The second-order valence-electron chi connectivity index (χ2n) is 8.97. The number of fused-ring (bicyclic) bond motifs is 2. The van der Waals surface area contributed by atoms with Gasteiger partial charge in [-0.05, 0) is 42.4 Å². The van der Waals surface area contributed by atoms with Gasteiger partial charge in [-0.1, -0.05) is 26.0 Å². The van der Waals surface area contributed by atoms with E-state index in [0.29, 0.717) is 36.3 Å². The molecule has 1 aliphatic carbocycles. The lowest BCUT2D eigenvalue weighted by molar-refractivity contribution is 0.0888. The van der Waals surface area contributed by atoms with Gasteiger partial charge in [-0.2, -0.15) is 0 Å². The molecule has 1 N–H and O–H groups in total. The molecule has 0 saturated heterocycles. The van der Waals surface area contributed by atoms with Crippen molar-refractivity contribution in [2.75, 3.05) is 18.5 Å². The minimum Gasteiger partial charge on any atom is -0.455 e. The quantitative estimate of drug-likeness (QED) is 0.872. The number of hydrogen-bond acceptors (Lipinski definition) is 4. The summed E-state index contributed by atoms with van der Waals surface area (Å²) in [5, 5.41) is 2.96. The lowest BCUT2D eigenvalue weighted by Gasteiger charge is -2.27. The molecule has 4 rings (SSSR count). The molecule has 5 heteroatoms. The van der Waals surface area contributed by atoms with E-state index in [-0.39, 0.29) is 22.9 Å².